The summed E-state index contributed by atoms with van der Waals surface area (Å²) in [7, 11) is 1.91. The van der Waals surface area contributed by atoms with Crippen LogP contribution in [0.3, 0.4) is 0 Å². The molecule has 0 saturated carbocycles. The van der Waals surface area contributed by atoms with Gasteiger partial charge in [0.05, 0.1) is 24.5 Å². The first kappa shape index (κ1) is 15.5. The molecule has 19 heavy (non-hydrogen) atoms. The SMILES string of the molecule is CC.Cc1nn(C)c2c1CN(C(=O)OC(C)(C)C)C2. The van der Waals surface area contributed by atoms with Crippen LogP contribution in [0.1, 0.15) is 51.6 Å². The summed E-state index contributed by atoms with van der Waals surface area (Å²) in [5.41, 5.74) is 2.80. The fourth-order valence-corrected chi connectivity index (χ4v) is 2.04. The lowest BCUT2D eigenvalue weighted by Gasteiger charge is -2.24. The van der Waals surface area contributed by atoms with Crippen molar-refractivity contribution >= 4 is 6.09 Å². The molecule has 0 radical (unpaired) electrons. The van der Waals surface area contributed by atoms with E-state index in [2.05, 4.69) is 5.10 Å². The van der Waals surface area contributed by atoms with E-state index in [1.807, 2.05) is 53.3 Å². The highest BCUT2D eigenvalue weighted by Gasteiger charge is 2.31. The van der Waals surface area contributed by atoms with Crippen molar-refractivity contribution < 1.29 is 9.53 Å². The predicted octanol–water partition coefficient (Wildman–Crippen LogP) is 3.01. The monoisotopic (exact) mass is 267 g/mol. The molecule has 0 aliphatic carbocycles. The number of aryl methyl sites for hydroxylation is 2. The maximum Gasteiger partial charge on any atom is 0.410 e. The summed E-state index contributed by atoms with van der Waals surface area (Å²) in [6, 6.07) is 0. The maximum absolute atomic E-state index is 11.9. The molecule has 1 aliphatic heterocycles. The molecule has 0 unspecified atom stereocenters. The Balaban J connectivity index is 0.000000861. The average molecular weight is 267 g/mol. The van der Waals surface area contributed by atoms with Gasteiger partial charge >= 0.3 is 6.09 Å². The molecule has 2 rings (SSSR count). The van der Waals surface area contributed by atoms with Crippen LogP contribution in [0.5, 0.6) is 0 Å². The molecule has 2 heterocycles. The van der Waals surface area contributed by atoms with Gasteiger partial charge in [0, 0.05) is 12.6 Å². The third-order valence-electron chi connectivity index (χ3n) is 2.82. The number of rotatable bonds is 0. The van der Waals surface area contributed by atoms with Crippen LogP contribution in [-0.4, -0.2) is 26.4 Å². The molecule has 0 spiro atoms. The van der Waals surface area contributed by atoms with Crippen molar-refractivity contribution in [1.29, 1.82) is 0 Å². The predicted molar refractivity (Wildman–Crippen MR) is 74.8 cm³/mol. The summed E-state index contributed by atoms with van der Waals surface area (Å²) in [5.74, 6) is 0. The average Bonchev–Trinajstić information content (AvgIpc) is 2.83. The lowest BCUT2D eigenvalue weighted by Crippen LogP contribution is -2.33. The van der Waals surface area contributed by atoms with E-state index in [1.54, 1.807) is 4.90 Å². The highest BCUT2D eigenvalue weighted by Crippen LogP contribution is 2.26. The maximum atomic E-state index is 11.9. The molecular weight excluding hydrogens is 242 g/mol. The Morgan fingerprint density at radius 1 is 1.26 bits per heavy atom. The van der Waals surface area contributed by atoms with E-state index >= 15 is 0 Å². The number of hydrogen-bond acceptors (Lipinski definition) is 3. The number of nitrogens with zero attached hydrogens (tertiary/aromatic N) is 3. The lowest BCUT2D eigenvalue weighted by atomic mass is 10.2. The fourth-order valence-electron chi connectivity index (χ4n) is 2.04. The summed E-state index contributed by atoms with van der Waals surface area (Å²) in [4.78, 5) is 13.6. The smallest absolute Gasteiger partial charge is 0.410 e. The van der Waals surface area contributed by atoms with E-state index in [-0.39, 0.29) is 6.09 Å². The summed E-state index contributed by atoms with van der Waals surface area (Å²) < 4.78 is 7.20. The van der Waals surface area contributed by atoms with E-state index in [4.69, 9.17) is 4.74 Å². The summed E-state index contributed by atoms with van der Waals surface area (Å²) in [6.45, 7) is 12.8. The largest absolute Gasteiger partial charge is 0.444 e. The van der Waals surface area contributed by atoms with Crippen LogP contribution in [0, 0.1) is 6.92 Å². The van der Waals surface area contributed by atoms with Gasteiger partial charge in [0.25, 0.3) is 0 Å². The van der Waals surface area contributed by atoms with Gasteiger partial charge in [-0.1, -0.05) is 13.8 Å². The van der Waals surface area contributed by atoms with E-state index in [0.717, 1.165) is 17.0 Å². The number of fused-ring (bicyclic) bond motifs is 1. The Hall–Kier alpha value is -1.52. The molecule has 0 aromatic carbocycles. The van der Waals surface area contributed by atoms with Crippen molar-refractivity contribution in [2.45, 2.75) is 60.2 Å². The van der Waals surface area contributed by atoms with Gasteiger partial charge in [-0.15, -0.1) is 0 Å². The molecule has 5 nitrogen and oxygen atoms in total. The van der Waals surface area contributed by atoms with Crippen molar-refractivity contribution in [3.05, 3.63) is 17.0 Å². The minimum absolute atomic E-state index is 0.256. The number of ether oxygens (including phenoxy) is 1. The number of aromatic nitrogens is 2. The van der Waals surface area contributed by atoms with E-state index < -0.39 is 5.60 Å². The molecule has 0 bridgehead atoms. The summed E-state index contributed by atoms with van der Waals surface area (Å²) >= 11 is 0. The molecule has 0 fully saturated rings. The van der Waals surface area contributed by atoms with Gasteiger partial charge < -0.3 is 4.74 Å². The Labute approximate surface area is 115 Å². The number of amides is 1. The molecule has 108 valence electrons. The van der Waals surface area contributed by atoms with Crippen molar-refractivity contribution in [2.24, 2.45) is 7.05 Å². The molecule has 1 aromatic heterocycles. The molecule has 1 aliphatic rings. The van der Waals surface area contributed by atoms with Crippen LogP contribution in [0.4, 0.5) is 4.79 Å². The zero-order valence-electron chi connectivity index (χ0n) is 13.1. The highest BCUT2D eigenvalue weighted by atomic mass is 16.6. The van der Waals surface area contributed by atoms with Crippen LogP contribution in [0.25, 0.3) is 0 Å². The van der Waals surface area contributed by atoms with Crippen molar-refractivity contribution in [3.63, 3.8) is 0 Å². The van der Waals surface area contributed by atoms with E-state index in [1.165, 1.54) is 0 Å². The van der Waals surface area contributed by atoms with Crippen LogP contribution in [-0.2, 0) is 24.9 Å². The van der Waals surface area contributed by atoms with Crippen LogP contribution in [0.15, 0.2) is 0 Å². The van der Waals surface area contributed by atoms with Gasteiger partial charge in [0.2, 0.25) is 0 Å². The van der Waals surface area contributed by atoms with Crippen molar-refractivity contribution in [1.82, 2.24) is 14.7 Å². The third-order valence-corrected chi connectivity index (χ3v) is 2.82. The molecule has 0 atom stereocenters. The Bertz CT molecular complexity index is 431. The number of hydrogen-bond donors (Lipinski definition) is 0. The minimum atomic E-state index is -0.445. The molecule has 0 N–H and O–H groups in total. The van der Waals surface area contributed by atoms with Crippen molar-refractivity contribution in [3.8, 4) is 0 Å². The zero-order chi connectivity index (χ0) is 14.8. The first-order chi connectivity index (χ1) is 8.78. The lowest BCUT2D eigenvalue weighted by molar-refractivity contribution is 0.0238. The van der Waals surface area contributed by atoms with Gasteiger partial charge in [-0.25, -0.2) is 4.79 Å². The topological polar surface area (TPSA) is 47.4 Å². The molecular formula is C14H25N3O2. The van der Waals surface area contributed by atoms with Gasteiger partial charge in [0.1, 0.15) is 5.60 Å². The van der Waals surface area contributed by atoms with Crippen LogP contribution in [0.2, 0.25) is 0 Å². The first-order valence-electron chi connectivity index (χ1n) is 6.77. The highest BCUT2D eigenvalue weighted by molar-refractivity contribution is 5.69. The van der Waals surface area contributed by atoms with Gasteiger partial charge in [-0.3, -0.25) is 9.58 Å². The van der Waals surface area contributed by atoms with Gasteiger partial charge in [0.15, 0.2) is 0 Å². The first-order valence-corrected chi connectivity index (χ1v) is 6.77. The van der Waals surface area contributed by atoms with E-state index in [0.29, 0.717) is 13.1 Å². The van der Waals surface area contributed by atoms with E-state index in [9.17, 15) is 4.79 Å². The Kier molecular flexibility index (Phi) is 4.61. The van der Waals surface area contributed by atoms with Gasteiger partial charge in [-0.05, 0) is 27.7 Å². The molecule has 1 aromatic rings. The molecule has 1 amide bonds. The Morgan fingerprint density at radius 2 is 1.84 bits per heavy atom. The third kappa shape index (κ3) is 3.49. The summed E-state index contributed by atoms with van der Waals surface area (Å²) in [5, 5.41) is 4.34. The number of carbonyl (C=O) groups excluding carboxylic acids is 1. The van der Waals surface area contributed by atoms with Gasteiger partial charge in [-0.2, -0.15) is 5.10 Å². The number of carbonyl (C=O) groups is 1. The van der Waals surface area contributed by atoms with Crippen molar-refractivity contribution in [2.75, 3.05) is 0 Å². The standard InChI is InChI=1S/C12H19N3O2.C2H6/c1-8-9-6-15(7-10(9)14(5)13-8)11(16)17-12(2,3)4;1-2/h6-7H2,1-5H3;1-2H3. The quantitative estimate of drug-likeness (QED) is 0.726. The fraction of sp³-hybridized carbons (Fsp3) is 0.714. The molecule has 0 saturated heterocycles. The second kappa shape index (κ2) is 5.63. The summed E-state index contributed by atoms with van der Waals surface area (Å²) in [6.07, 6.45) is -0.256. The Morgan fingerprint density at radius 3 is 2.32 bits per heavy atom. The minimum Gasteiger partial charge on any atom is -0.444 e. The zero-order valence-corrected chi connectivity index (χ0v) is 13.1. The molecule has 5 heteroatoms. The van der Waals surface area contributed by atoms with Crippen LogP contribution < -0.4 is 0 Å². The second-order valence-electron chi connectivity index (χ2n) is 5.47. The second-order valence-corrected chi connectivity index (χ2v) is 5.47. The van der Waals surface area contributed by atoms with Crippen LogP contribution >= 0.6 is 0 Å². The normalized spacial score (nSPS) is 13.7.